The highest BCUT2D eigenvalue weighted by atomic mass is 32.2. The van der Waals surface area contributed by atoms with Crippen LogP contribution in [0.2, 0.25) is 0 Å². The number of nitrogens with zero attached hydrogens (tertiary/aromatic N) is 2. The van der Waals surface area contributed by atoms with E-state index in [0.29, 0.717) is 30.0 Å². The van der Waals surface area contributed by atoms with Gasteiger partial charge >= 0.3 is 5.76 Å². The van der Waals surface area contributed by atoms with Gasteiger partial charge in [0.15, 0.2) is 10.7 Å². The van der Waals surface area contributed by atoms with Crippen molar-refractivity contribution in [3.63, 3.8) is 0 Å². The normalized spacial score (nSPS) is 18.4. The van der Waals surface area contributed by atoms with Gasteiger partial charge in [0.2, 0.25) is 15.9 Å². The lowest BCUT2D eigenvalue weighted by atomic mass is 9.99. The van der Waals surface area contributed by atoms with E-state index in [1.165, 1.54) is 33.8 Å². The second kappa shape index (κ2) is 7.15. The number of fused-ring (bicyclic) bond motifs is 1. The smallest absolute Gasteiger partial charge is 0.408 e. The summed E-state index contributed by atoms with van der Waals surface area (Å²) in [5, 5.41) is 5.11. The number of benzene rings is 1. The summed E-state index contributed by atoms with van der Waals surface area (Å²) in [5.41, 5.74) is 1.43. The van der Waals surface area contributed by atoms with E-state index < -0.39 is 21.7 Å². The topological polar surface area (TPSA) is 125 Å². The zero-order chi connectivity index (χ0) is 19.9. The number of sulfonamides is 1. The van der Waals surface area contributed by atoms with Crippen LogP contribution in [0.3, 0.4) is 0 Å². The fraction of sp³-hybridized carbons (Fsp3) is 0.353. The third-order valence-corrected chi connectivity index (χ3v) is 7.37. The van der Waals surface area contributed by atoms with E-state index in [0.717, 1.165) is 5.69 Å². The molecule has 3 heterocycles. The third-order valence-electron chi connectivity index (χ3n) is 4.63. The minimum absolute atomic E-state index is 0.0272. The molecule has 1 saturated heterocycles. The van der Waals surface area contributed by atoms with Crippen LogP contribution in [0.15, 0.2) is 37.7 Å². The number of H-pyrrole nitrogens is 1. The van der Waals surface area contributed by atoms with Gasteiger partial charge in [0.05, 0.1) is 22.0 Å². The molecular formula is C17H18N4O5S2. The minimum Gasteiger partial charge on any atom is -0.408 e. The molecule has 0 radical (unpaired) electrons. The van der Waals surface area contributed by atoms with Crippen molar-refractivity contribution in [2.75, 3.05) is 18.4 Å². The minimum atomic E-state index is -3.82. The molecule has 3 aromatic rings. The molecule has 0 unspecified atom stereocenters. The molecule has 1 atom stereocenters. The van der Waals surface area contributed by atoms with Crippen LogP contribution in [-0.2, 0) is 14.8 Å². The van der Waals surface area contributed by atoms with E-state index in [1.54, 1.807) is 0 Å². The van der Waals surface area contributed by atoms with E-state index in [4.69, 9.17) is 4.42 Å². The second-order valence-electron chi connectivity index (χ2n) is 6.66. The van der Waals surface area contributed by atoms with Crippen molar-refractivity contribution in [3.8, 4) is 0 Å². The van der Waals surface area contributed by atoms with Crippen molar-refractivity contribution < 1.29 is 17.6 Å². The Bertz CT molecular complexity index is 1190. The summed E-state index contributed by atoms with van der Waals surface area (Å²) in [6.45, 7) is 2.26. The van der Waals surface area contributed by atoms with Gasteiger partial charge in [0, 0.05) is 24.5 Å². The maximum Gasteiger partial charge on any atom is 0.417 e. The Morgan fingerprint density at radius 2 is 2.25 bits per heavy atom. The number of hydrogen-bond acceptors (Lipinski definition) is 7. The van der Waals surface area contributed by atoms with Gasteiger partial charge in [0.25, 0.3) is 0 Å². The molecule has 1 aliphatic rings. The Hall–Kier alpha value is -2.50. The molecule has 4 rings (SSSR count). The Morgan fingerprint density at radius 1 is 1.43 bits per heavy atom. The summed E-state index contributed by atoms with van der Waals surface area (Å²) in [7, 11) is -3.82. The number of aromatic amines is 1. The molecule has 0 aliphatic carbocycles. The van der Waals surface area contributed by atoms with Crippen molar-refractivity contribution in [1.82, 2.24) is 14.3 Å². The average Bonchev–Trinajstić information content (AvgIpc) is 3.25. The van der Waals surface area contributed by atoms with Gasteiger partial charge < -0.3 is 9.73 Å². The number of carbonyl (C=O) groups is 1. The van der Waals surface area contributed by atoms with Crippen molar-refractivity contribution in [1.29, 1.82) is 0 Å². The van der Waals surface area contributed by atoms with Crippen molar-refractivity contribution in [3.05, 3.63) is 39.8 Å². The molecule has 1 fully saturated rings. The first kappa shape index (κ1) is 18.8. The Morgan fingerprint density at radius 3 is 3.00 bits per heavy atom. The van der Waals surface area contributed by atoms with Crippen molar-refractivity contribution in [2.45, 2.75) is 24.7 Å². The molecule has 1 amide bonds. The Labute approximate surface area is 164 Å². The summed E-state index contributed by atoms with van der Waals surface area (Å²) in [4.78, 5) is 30.5. The van der Waals surface area contributed by atoms with E-state index in [9.17, 15) is 18.0 Å². The van der Waals surface area contributed by atoms with Crippen LogP contribution in [-0.4, -0.2) is 41.7 Å². The highest BCUT2D eigenvalue weighted by molar-refractivity contribution is 7.89. The lowest BCUT2D eigenvalue weighted by Gasteiger charge is -2.31. The number of hydrogen-bond donors (Lipinski definition) is 2. The zero-order valence-electron chi connectivity index (χ0n) is 15.0. The van der Waals surface area contributed by atoms with Crippen molar-refractivity contribution in [2.24, 2.45) is 5.92 Å². The van der Waals surface area contributed by atoms with Crippen LogP contribution in [0.1, 0.15) is 18.5 Å². The summed E-state index contributed by atoms with van der Waals surface area (Å²) in [6, 6.07) is 4.24. The Kier molecular flexibility index (Phi) is 4.81. The summed E-state index contributed by atoms with van der Waals surface area (Å²) < 4.78 is 32.3. The first-order chi connectivity index (χ1) is 13.3. The van der Waals surface area contributed by atoms with Gasteiger partial charge in [-0.05, 0) is 31.9 Å². The lowest BCUT2D eigenvalue weighted by molar-refractivity contribution is -0.120. The van der Waals surface area contributed by atoms with Crippen LogP contribution < -0.4 is 11.1 Å². The maximum absolute atomic E-state index is 13.0. The lowest BCUT2D eigenvalue weighted by Crippen LogP contribution is -2.43. The van der Waals surface area contributed by atoms with E-state index in [1.807, 2.05) is 12.3 Å². The SMILES string of the molecule is Cc1csc(NC(=O)[C@@H]2CCCN(S(=O)(=O)c3ccc4[nH]c(=O)oc4c3)C2)n1. The first-order valence-corrected chi connectivity index (χ1v) is 11.0. The largest absolute Gasteiger partial charge is 0.417 e. The number of piperidine rings is 1. The van der Waals surface area contributed by atoms with Gasteiger partial charge in [-0.2, -0.15) is 4.31 Å². The van der Waals surface area contributed by atoms with Gasteiger partial charge in [0.1, 0.15) is 0 Å². The van der Waals surface area contributed by atoms with Crippen LogP contribution >= 0.6 is 11.3 Å². The number of aromatic nitrogens is 2. The highest BCUT2D eigenvalue weighted by Crippen LogP contribution is 2.26. The summed E-state index contributed by atoms with van der Waals surface area (Å²) >= 11 is 1.33. The third kappa shape index (κ3) is 3.60. The monoisotopic (exact) mass is 422 g/mol. The molecule has 0 bridgehead atoms. The number of carbonyl (C=O) groups excluding carboxylic acids is 1. The molecule has 1 aromatic carbocycles. The van der Waals surface area contributed by atoms with E-state index in [2.05, 4.69) is 15.3 Å². The zero-order valence-corrected chi connectivity index (χ0v) is 16.6. The number of rotatable bonds is 4. The summed E-state index contributed by atoms with van der Waals surface area (Å²) in [5.74, 6) is -1.33. The molecule has 1 aliphatic heterocycles. The average molecular weight is 422 g/mol. The number of nitrogens with one attached hydrogen (secondary N) is 2. The van der Waals surface area contributed by atoms with Gasteiger partial charge in [-0.15, -0.1) is 11.3 Å². The van der Waals surface area contributed by atoms with Gasteiger partial charge in [-0.1, -0.05) is 0 Å². The molecule has 2 N–H and O–H groups in total. The highest BCUT2D eigenvalue weighted by Gasteiger charge is 2.33. The molecule has 11 heteroatoms. The van der Waals surface area contributed by atoms with E-state index in [-0.39, 0.29) is 22.9 Å². The molecule has 28 heavy (non-hydrogen) atoms. The van der Waals surface area contributed by atoms with Crippen LogP contribution in [0.4, 0.5) is 5.13 Å². The molecule has 2 aromatic heterocycles. The Balaban J connectivity index is 1.53. The fourth-order valence-electron chi connectivity index (χ4n) is 3.23. The van der Waals surface area contributed by atoms with E-state index >= 15 is 0 Å². The number of amides is 1. The fourth-order valence-corrected chi connectivity index (χ4v) is 5.46. The predicted molar refractivity (Wildman–Crippen MR) is 104 cm³/mol. The number of aryl methyl sites for hydroxylation is 1. The second-order valence-corrected chi connectivity index (χ2v) is 9.45. The summed E-state index contributed by atoms with van der Waals surface area (Å²) in [6.07, 6.45) is 1.18. The quantitative estimate of drug-likeness (QED) is 0.662. The standard InChI is InChI=1S/C17H18N4O5S2/c1-10-9-27-16(18-10)20-15(22)11-3-2-6-21(8-11)28(24,25)12-4-5-13-14(7-12)26-17(23)19-13/h4-5,7,9,11H,2-3,6,8H2,1H3,(H,19,23)(H,18,20,22)/t11-/m1/s1. The molecule has 0 saturated carbocycles. The van der Waals surface area contributed by atoms with Crippen LogP contribution in [0, 0.1) is 12.8 Å². The molecule has 9 nitrogen and oxygen atoms in total. The van der Waals surface area contributed by atoms with Crippen LogP contribution in [0.5, 0.6) is 0 Å². The van der Waals surface area contributed by atoms with Crippen molar-refractivity contribution >= 4 is 43.5 Å². The molecule has 0 spiro atoms. The van der Waals surface area contributed by atoms with Gasteiger partial charge in [-0.25, -0.2) is 18.2 Å². The molecular weight excluding hydrogens is 404 g/mol. The first-order valence-electron chi connectivity index (χ1n) is 8.69. The number of oxazole rings is 1. The predicted octanol–water partition coefficient (Wildman–Crippen LogP) is 1.93. The number of anilines is 1. The maximum atomic E-state index is 13.0. The number of thiazole rings is 1. The molecule has 148 valence electrons. The van der Waals surface area contributed by atoms with Crippen LogP contribution in [0.25, 0.3) is 11.1 Å². The van der Waals surface area contributed by atoms with Gasteiger partial charge in [-0.3, -0.25) is 9.78 Å².